The van der Waals surface area contributed by atoms with E-state index < -0.39 is 0 Å². The van der Waals surface area contributed by atoms with Gasteiger partial charge in [-0.3, -0.25) is 0 Å². The monoisotopic (exact) mass is 384 g/mol. The highest BCUT2D eigenvalue weighted by molar-refractivity contribution is 7.80. The standard InChI is InChI=1S/C22H29N3OS/c1-18(24-22(27)23-13-12-19-8-4-2-5-9-19)21(20-10-6-3-7-11-20)25-14-16-26-17-15-25/h2-11,18,21H,12-17H2,1H3,(H2,23,24,27)/p+1/t18-,21+/m0/s1. The Balaban J connectivity index is 1.56. The molecule has 2 aromatic carbocycles. The average Bonchev–Trinajstić information content (AvgIpc) is 2.70. The van der Waals surface area contributed by atoms with Gasteiger partial charge in [0, 0.05) is 12.1 Å². The fourth-order valence-electron chi connectivity index (χ4n) is 3.79. The van der Waals surface area contributed by atoms with Crippen LogP contribution in [0.15, 0.2) is 60.7 Å². The molecule has 1 fully saturated rings. The quantitative estimate of drug-likeness (QED) is 0.636. The molecule has 27 heavy (non-hydrogen) atoms. The normalized spacial score (nSPS) is 17.1. The molecule has 0 bridgehead atoms. The van der Waals surface area contributed by atoms with Gasteiger partial charge in [0.1, 0.15) is 19.1 Å². The van der Waals surface area contributed by atoms with Crippen molar-refractivity contribution >= 4 is 17.3 Å². The Kier molecular flexibility index (Phi) is 7.63. The molecule has 0 aromatic heterocycles. The van der Waals surface area contributed by atoms with Crippen LogP contribution in [0.2, 0.25) is 0 Å². The van der Waals surface area contributed by atoms with Crippen molar-refractivity contribution < 1.29 is 9.64 Å². The van der Waals surface area contributed by atoms with Crippen LogP contribution in [0.1, 0.15) is 24.1 Å². The molecule has 2 aromatic rings. The highest BCUT2D eigenvalue weighted by Crippen LogP contribution is 2.14. The van der Waals surface area contributed by atoms with E-state index in [0.29, 0.717) is 6.04 Å². The van der Waals surface area contributed by atoms with Gasteiger partial charge in [-0.2, -0.15) is 0 Å². The van der Waals surface area contributed by atoms with E-state index in [1.807, 2.05) is 6.07 Å². The molecule has 5 heteroatoms. The zero-order valence-electron chi connectivity index (χ0n) is 16.0. The fraction of sp³-hybridized carbons (Fsp3) is 0.409. The van der Waals surface area contributed by atoms with Crippen LogP contribution in [0, 0.1) is 0 Å². The van der Waals surface area contributed by atoms with Crippen LogP contribution < -0.4 is 15.5 Å². The maximum atomic E-state index is 5.56. The molecule has 1 saturated heterocycles. The predicted octanol–water partition coefficient (Wildman–Crippen LogP) is 1.74. The van der Waals surface area contributed by atoms with E-state index >= 15 is 0 Å². The number of hydrogen-bond acceptors (Lipinski definition) is 2. The summed E-state index contributed by atoms with van der Waals surface area (Å²) in [4.78, 5) is 1.56. The molecule has 0 radical (unpaired) electrons. The first kappa shape index (κ1) is 19.8. The lowest BCUT2D eigenvalue weighted by Gasteiger charge is -2.35. The summed E-state index contributed by atoms with van der Waals surface area (Å²) in [7, 11) is 0. The number of quaternary nitrogens is 1. The van der Waals surface area contributed by atoms with E-state index in [0.717, 1.165) is 44.4 Å². The summed E-state index contributed by atoms with van der Waals surface area (Å²) in [6.45, 7) is 6.77. The van der Waals surface area contributed by atoms with E-state index in [1.54, 1.807) is 4.90 Å². The lowest BCUT2D eigenvalue weighted by atomic mass is 9.98. The van der Waals surface area contributed by atoms with Crippen molar-refractivity contribution in [3.63, 3.8) is 0 Å². The van der Waals surface area contributed by atoms with Crippen molar-refractivity contribution in [2.45, 2.75) is 25.4 Å². The van der Waals surface area contributed by atoms with Gasteiger partial charge < -0.3 is 20.3 Å². The molecule has 3 N–H and O–H groups in total. The van der Waals surface area contributed by atoms with Crippen LogP contribution in [0.4, 0.5) is 0 Å². The molecule has 1 aliphatic heterocycles. The Bertz CT molecular complexity index is 689. The minimum Gasteiger partial charge on any atom is -0.370 e. The van der Waals surface area contributed by atoms with Crippen molar-refractivity contribution in [2.75, 3.05) is 32.8 Å². The van der Waals surface area contributed by atoms with E-state index in [2.05, 4.69) is 72.2 Å². The van der Waals surface area contributed by atoms with Gasteiger partial charge in [-0.25, -0.2) is 0 Å². The number of thiocarbonyl (C=S) groups is 1. The number of benzene rings is 2. The molecule has 0 aliphatic carbocycles. The fourth-order valence-corrected chi connectivity index (χ4v) is 4.08. The Morgan fingerprint density at radius 3 is 2.33 bits per heavy atom. The first-order chi connectivity index (χ1) is 13.2. The maximum absolute atomic E-state index is 5.56. The highest BCUT2D eigenvalue weighted by Gasteiger charge is 2.31. The van der Waals surface area contributed by atoms with Gasteiger partial charge in [0.2, 0.25) is 0 Å². The molecule has 0 unspecified atom stereocenters. The zero-order valence-corrected chi connectivity index (χ0v) is 16.8. The third kappa shape index (κ3) is 6.03. The number of ether oxygens (including phenoxy) is 1. The molecule has 0 amide bonds. The second-order valence-electron chi connectivity index (χ2n) is 7.08. The summed E-state index contributed by atoms with van der Waals surface area (Å²) in [6.07, 6.45) is 0.966. The van der Waals surface area contributed by atoms with Crippen LogP contribution >= 0.6 is 12.2 Å². The predicted molar refractivity (Wildman–Crippen MR) is 114 cm³/mol. The van der Waals surface area contributed by atoms with Crippen LogP contribution in [-0.2, 0) is 11.2 Å². The largest absolute Gasteiger partial charge is 0.370 e. The molecule has 2 atom stereocenters. The topological polar surface area (TPSA) is 37.7 Å². The number of nitrogens with one attached hydrogen (secondary N) is 3. The van der Waals surface area contributed by atoms with E-state index in [9.17, 15) is 0 Å². The lowest BCUT2D eigenvalue weighted by molar-refractivity contribution is -0.940. The summed E-state index contributed by atoms with van der Waals surface area (Å²) >= 11 is 5.56. The Hall–Kier alpha value is -1.95. The second kappa shape index (κ2) is 10.4. The van der Waals surface area contributed by atoms with Crippen LogP contribution in [0.25, 0.3) is 0 Å². The first-order valence-corrected chi connectivity index (χ1v) is 10.2. The molecule has 0 saturated carbocycles. The van der Waals surface area contributed by atoms with Gasteiger partial charge in [0.15, 0.2) is 5.11 Å². The van der Waals surface area contributed by atoms with E-state index in [4.69, 9.17) is 17.0 Å². The molecule has 0 spiro atoms. The summed E-state index contributed by atoms with van der Waals surface area (Å²) < 4.78 is 5.56. The van der Waals surface area contributed by atoms with Gasteiger partial charge in [-0.15, -0.1) is 0 Å². The van der Waals surface area contributed by atoms with Crippen LogP contribution in [-0.4, -0.2) is 44.0 Å². The second-order valence-corrected chi connectivity index (χ2v) is 7.49. The summed E-state index contributed by atoms with van der Waals surface area (Å²) in [6, 6.07) is 21.8. The van der Waals surface area contributed by atoms with Gasteiger partial charge >= 0.3 is 0 Å². The molecular formula is C22H30N3OS+. The van der Waals surface area contributed by atoms with Gasteiger partial charge in [0.05, 0.1) is 19.3 Å². The molecule has 1 aliphatic rings. The summed E-state index contributed by atoms with van der Waals surface area (Å²) in [5, 5.41) is 7.61. The minimum absolute atomic E-state index is 0.234. The Labute approximate surface area is 167 Å². The van der Waals surface area contributed by atoms with Crippen molar-refractivity contribution in [3.05, 3.63) is 71.8 Å². The number of hydrogen-bond donors (Lipinski definition) is 3. The Morgan fingerprint density at radius 1 is 1.04 bits per heavy atom. The Morgan fingerprint density at radius 2 is 1.67 bits per heavy atom. The van der Waals surface area contributed by atoms with Gasteiger partial charge in [0.25, 0.3) is 0 Å². The summed E-state index contributed by atoms with van der Waals surface area (Å²) in [5.74, 6) is 0. The van der Waals surface area contributed by atoms with Crippen molar-refractivity contribution in [1.82, 2.24) is 10.6 Å². The van der Waals surface area contributed by atoms with Crippen LogP contribution in [0.5, 0.6) is 0 Å². The molecule has 144 valence electrons. The highest BCUT2D eigenvalue weighted by atomic mass is 32.1. The SMILES string of the molecule is C[C@H](NC(=S)NCCc1ccccc1)[C@H](c1ccccc1)[NH+]1CCOCC1. The van der Waals surface area contributed by atoms with Crippen LogP contribution in [0.3, 0.4) is 0 Å². The maximum Gasteiger partial charge on any atom is 0.166 e. The summed E-state index contributed by atoms with van der Waals surface area (Å²) in [5.41, 5.74) is 2.67. The first-order valence-electron chi connectivity index (χ1n) is 9.79. The number of morpholine rings is 1. The van der Waals surface area contributed by atoms with E-state index in [-0.39, 0.29) is 6.04 Å². The lowest BCUT2D eigenvalue weighted by Crippen LogP contribution is -3.15. The molecular weight excluding hydrogens is 354 g/mol. The molecule has 3 rings (SSSR count). The smallest absolute Gasteiger partial charge is 0.166 e. The molecule has 4 nitrogen and oxygen atoms in total. The number of rotatable bonds is 7. The minimum atomic E-state index is 0.234. The third-order valence-corrected chi connectivity index (χ3v) is 5.40. The third-order valence-electron chi connectivity index (χ3n) is 5.13. The van der Waals surface area contributed by atoms with Gasteiger partial charge in [-0.1, -0.05) is 60.7 Å². The average molecular weight is 385 g/mol. The van der Waals surface area contributed by atoms with Gasteiger partial charge in [-0.05, 0) is 31.1 Å². The van der Waals surface area contributed by atoms with Crippen molar-refractivity contribution in [2.24, 2.45) is 0 Å². The van der Waals surface area contributed by atoms with Crippen molar-refractivity contribution in [1.29, 1.82) is 0 Å². The van der Waals surface area contributed by atoms with Crippen molar-refractivity contribution in [3.8, 4) is 0 Å². The molecule has 1 heterocycles. The van der Waals surface area contributed by atoms with E-state index in [1.165, 1.54) is 11.1 Å². The zero-order chi connectivity index (χ0) is 18.9.